The molecule has 2 unspecified atom stereocenters. The van der Waals surface area contributed by atoms with Crippen LogP contribution in [-0.4, -0.2) is 10.7 Å². The van der Waals surface area contributed by atoms with Crippen molar-refractivity contribution in [1.82, 2.24) is 0 Å². The van der Waals surface area contributed by atoms with Crippen LogP contribution in [0.2, 0.25) is 0 Å². The third-order valence-electron chi connectivity index (χ3n) is 3.72. The van der Waals surface area contributed by atoms with Crippen LogP contribution in [0.3, 0.4) is 0 Å². The SMILES string of the molecule is CC1CC(C)(C)CC(O)(C2CC2)C1. The summed E-state index contributed by atoms with van der Waals surface area (Å²) in [5.74, 6) is 1.34. The molecule has 0 aromatic heterocycles. The number of rotatable bonds is 1. The van der Waals surface area contributed by atoms with Crippen LogP contribution in [0.25, 0.3) is 0 Å². The van der Waals surface area contributed by atoms with Gasteiger partial charge < -0.3 is 5.11 Å². The van der Waals surface area contributed by atoms with Gasteiger partial charge in [-0.3, -0.25) is 0 Å². The van der Waals surface area contributed by atoms with Crippen molar-refractivity contribution in [2.45, 2.75) is 58.5 Å². The van der Waals surface area contributed by atoms with E-state index in [2.05, 4.69) is 20.8 Å². The lowest BCUT2D eigenvalue weighted by molar-refractivity contribution is -0.0741. The van der Waals surface area contributed by atoms with Crippen molar-refractivity contribution in [2.75, 3.05) is 0 Å². The first-order valence-electron chi connectivity index (χ1n) is 5.64. The minimum absolute atomic E-state index is 0.304. The van der Waals surface area contributed by atoms with Gasteiger partial charge in [0.15, 0.2) is 0 Å². The molecule has 0 spiro atoms. The van der Waals surface area contributed by atoms with Gasteiger partial charge in [-0.25, -0.2) is 0 Å². The molecule has 2 rings (SSSR count). The van der Waals surface area contributed by atoms with E-state index in [4.69, 9.17) is 0 Å². The van der Waals surface area contributed by atoms with Crippen LogP contribution in [0.4, 0.5) is 0 Å². The van der Waals surface area contributed by atoms with Crippen LogP contribution >= 0.6 is 0 Å². The molecular formula is C12H22O. The van der Waals surface area contributed by atoms with Crippen LogP contribution in [0.5, 0.6) is 0 Å². The fraction of sp³-hybridized carbons (Fsp3) is 1.00. The average molecular weight is 182 g/mol. The van der Waals surface area contributed by atoms with E-state index in [-0.39, 0.29) is 5.60 Å². The minimum Gasteiger partial charge on any atom is -0.390 e. The van der Waals surface area contributed by atoms with Gasteiger partial charge in [0.05, 0.1) is 5.60 Å². The summed E-state index contributed by atoms with van der Waals surface area (Å²) in [6, 6.07) is 0. The summed E-state index contributed by atoms with van der Waals surface area (Å²) < 4.78 is 0. The molecule has 2 aliphatic rings. The Labute approximate surface area is 81.5 Å². The zero-order chi connectivity index (χ0) is 9.69. The molecule has 1 heteroatoms. The maximum atomic E-state index is 10.5. The first-order chi connectivity index (χ1) is 5.91. The van der Waals surface area contributed by atoms with Crippen molar-refractivity contribution in [3.05, 3.63) is 0 Å². The summed E-state index contributed by atoms with van der Waals surface area (Å²) in [5.41, 5.74) is 0.0518. The van der Waals surface area contributed by atoms with E-state index in [0.717, 1.165) is 12.8 Å². The van der Waals surface area contributed by atoms with Crippen LogP contribution in [0.15, 0.2) is 0 Å². The van der Waals surface area contributed by atoms with Crippen molar-refractivity contribution in [1.29, 1.82) is 0 Å². The highest BCUT2D eigenvalue weighted by molar-refractivity contribution is 5.01. The fourth-order valence-electron chi connectivity index (χ4n) is 3.52. The van der Waals surface area contributed by atoms with E-state index >= 15 is 0 Å². The van der Waals surface area contributed by atoms with Crippen LogP contribution < -0.4 is 0 Å². The molecule has 0 saturated heterocycles. The summed E-state index contributed by atoms with van der Waals surface area (Å²) in [5, 5.41) is 10.5. The van der Waals surface area contributed by atoms with Crippen molar-refractivity contribution < 1.29 is 5.11 Å². The molecule has 0 amide bonds. The highest BCUT2D eigenvalue weighted by Gasteiger charge is 2.50. The predicted octanol–water partition coefficient (Wildman–Crippen LogP) is 2.97. The molecule has 0 aromatic rings. The first-order valence-corrected chi connectivity index (χ1v) is 5.64. The number of hydrogen-bond donors (Lipinski definition) is 1. The maximum Gasteiger partial charge on any atom is 0.0683 e. The number of aliphatic hydroxyl groups is 1. The van der Waals surface area contributed by atoms with Gasteiger partial charge in [0.25, 0.3) is 0 Å². The molecule has 0 radical (unpaired) electrons. The summed E-state index contributed by atoms with van der Waals surface area (Å²) in [6.45, 7) is 6.89. The van der Waals surface area contributed by atoms with Crippen LogP contribution in [0, 0.1) is 17.3 Å². The van der Waals surface area contributed by atoms with E-state index in [0.29, 0.717) is 17.3 Å². The van der Waals surface area contributed by atoms with Gasteiger partial charge in [-0.1, -0.05) is 20.8 Å². The Bertz CT molecular complexity index is 205. The topological polar surface area (TPSA) is 20.2 Å². The lowest BCUT2D eigenvalue weighted by atomic mass is 9.64. The molecule has 13 heavy (non-hydrogen) atoms. The van der Waals surface area contributed by atoms with Crippen molar-refractivity contribution in [3.63, 3.8) is 0 Å². The van der Waals surface area contributed by atoms with Gasteiger partial charge in [0.1, 0.15) is 0 Å². The highest BCUT2D eigenvalue weighted by Crippen LogP contribution is 2.53. The highest BCUT2D eigenvalue weighted by atomic mass is 16.3. The van der Waals surface area contributed by atoms with Crippen molar-refractivity contribution >= 4 is 0 Å². The van der Waals surface area contributed by atoms with E-state index < -0.39 is 0 Å². The zero-order valence-corrected chi connectivity index (χ0v) is 9.14. The molecule has 2 aliphatic carbocycles. The first kappa shape index (κ1) is 9.51. The smallest absolute Gasteiger partial charge is 0.0683 e. The molecule has 2 atom stereocenters. The quantitative estimate of drug-likeness (QED) is 0.661. The molecule has 76 valence electrons. The second-order valence-corrected chi connectivity index (χ2v) is 6.23. The van der Waals surface area contributed by atoms with Gasteiger partial charge in [-0.05, 0) is 49.4 Å². The van der Waals surface area contributed by atoms with Gasteiger partial charge in [0, 0.05) is 0 Å². The Morgan fingerprint density at radius 3 is 2.23 bits per heavy atom. The third kappa shape index (κ3) is 1.90. The summed E-state index contributed by atoms with van der Waals surface area (Å²) in [6.07, 6.45) is 5.87. The minimum atomic E-state index is -0.304. The third-order valence-corrected chi connectivity index (χ3v) is 3.72. The van der Waals surface area contributed by atoms with Gasteiger partial charge >= 0.3 is 0 Å². The number of hydrogen-bond acceptors (Lipinski definition) is 1. The molecule has 0 heterocycles. The lowest BCUT2D eigenvalue weighted by Gasteiger charge is -2.45. The van der Waals surface area contributed by atoms with E-state index in [1.807, 2.05) is 0 Å². The largest absolute Gasteiger partial charge is 0.390 e. The Balaban J connectivity index is 2.11. The molecular weight excluding hydrogens is 160 g/mol. The Morgan fingerprint density at radius 2 is 1.77 bits per heavy atom. The van der Waals surface area contributed by atoms with Crippen LogP contribution in [-0.2, 0) is 0 Å². The Hall–Kier alpha value is -0.0400. The Morgan fingerprint density at radius 1 is 1.15 bits per heavy atom. The maximum absolute atomic E-state index is 10.5. The van der Waals surface area contributed by atoms with E-state index in [9.17, 15) is 5.11 Å². The van der Waals surface area contributed by atoms with E-state index in [1.54, 1.807) is 0 Å². The van der Waals surface area contributed by atoms with Crippen LogP contribution in [0.1, 0.15) is 52.9 Å². The van der Waals surface area contributed by atoms with Gasteiger partial charge in [-0.2, -0.15) is 0 Å². The molecule has 2 fully saturated rings. The second kappa shape index (κ2) is 2.73. The van der Waals surface area contributed by atoms with Gasteiger partial charge in [-0.15, -0.1) is 0 Å². The molecule has 1 N–H and O–H groups in total. The molecule has 0 aromatic carbocycles. The standard InChI is InChI=1S/C12H22O/c1-9-6-11(2,3)8-12(13,7-9)10-4-5-10/h9-10,13H,4-8H2,1-3H3. The van der Waals surface area contributed by atoms with E-state index in [1.165, 1.54) is 19.3 Å². The van der Waals surface area contributed by atoms with Gasteiger partial charge in [0.2, 0.25) is 0 Å². The second-order valence-electron chi connectivity index (χ2n) is 6.23. The predicted molar refractivity (Wildman–Crippen MR) is 54.5 cm³/mol. The fourth-order valence-corrected chi connectivity index (χ4v) is 3.52. The summed E-state index contributed by atoms with van der Waals surface area (Å²) in [4.78, 5) is 0. The zero-order valence-electron chi connectivity index (χ0n) is 9.14. The van der Waals surface area contributed by atoms with Crippen molar-refractivity contribution in [2.24, 2.45) is 17.3 Å². The lowest BCUT2D eigenvalue weighted by Crippen LogP contribution is -2.43. The summed E-state index contributed by atoms with van der Waals surface area (Å²) >= 11 is 0. The molecule has 1 nitrogen and oxygen atoms in total. The van der Waals surface area contributed by atoms with Crippen molar-refractivity contribution in [3.8, 4) is 0 Å². The summed E-state index contributed by atoms with van der Waals surface area (Å²) in [7, 11) is 0. The average Bonchev–Trinajstić information content (AvgIpc) is 2.57. The monoisotopic (exact) mass is 182 g/mol. The molecule has 0 bridgehead atoms. The Kier molecular flexibility index (Phi) is 1.99. The molecule has 2 saturated carbocycles. The molecule has 0 aliphatic heterocycles. The normalized spacial score (nSPS) is 44.8.